The van der Waals surface area contributed by atoms with Crippen LogP contribution in [0.3, 0.4) is 0 Å². The third-order valence-electron chi connectivity index (χ3n) is 2.66. The minimum absolute atomic E-state index is 0.152. The van der Waals surface area contributed by atoms with Gasteiger partial charge < -0.3 is 21.3 Å². The van der Waals surface area contributed by atoms with Gasteiger partial charge in [0.1, 0.15) is 12.4 Å². The SMILES string of the molecule is Nc1cc(C(=O)O)ccc1OCC1(N)CC1. The normalized spacial score (nSPS) is 16.8. The second-order valence-electron chi connectivity index (χ2n) is 4.21. The molecule has 0 spiro atoms. The lowest BCUT2D eigenvalue weighted by molar-refractivity contribution is 0.0697. The molecule has 5 nitrogen and oxygen atoms in total. The van der Waals surface area contributed by atoms with E-state index in [2.05, 4.69) is 0 Å². The van der Waals surface area contributed by atoms with Gasteiger partial charge in [-0.05, 0) is 31.0 Å². The summed E-state index contributed by atoms with van der Waals surface area (Å²) in [4.78, 5) is 10.7. The Morgan fingerprint density at radius 2 is 2.19 bits per heavy atom. The summed E-state index contributed by atoms with van der Waals surface area (Å²) in [5, 5.41) is 8.75. The van der Waals surface area contributed by atoms with E-state index in [1.165, 1.54) is 12.1 Å². The van der Waals surface area contributed by atoms with Crippen LogP contribution in [-0.2, 0) is 0 Å². The third-order valence-corrected chi connectivity index (χ3v) is 2.66. The zero-order valence-electron chi connectivity index (χ0n) is 8.77. The summed E-state index contributed by atoms with van der Waals surface area (Å²) in [5.74, 6) is -0.516. The molecule has 0 unspecified atom stereocenters. The van der Waals surface area contributed by atoms with Gasteiger partial charge in [-0.15, -0.1) is 0 Å². The first-order valence-corrected chi connectivity index (χ1v) is 5.05. The monoisotopic (exact) mass is 222 g/mol. The molecule has 1 aliphatic carbocycles. The van der Waals surface area contributed by atoms with E-state index in [0.29, 0.717) is 18.0 Å². The molecule has 1 aliphatic rings. The number of benzene rings is 1. The fourth-order valence-corrected chi connectivity index (χ4v) is 1.34. The van der Waals surface area contributed by atoms with Crippen LogP contribution in [0.25, 0.3) is 0 Å². The average molecular weight is 222 g/mol. The minimum Gasteiger partial charge on any atom is -0.490 e. The van der Waals surface area contributed by atoms with Crippen molar-refractivity contribution in [2.45, 2.75) is 18.4 Å². The fourth-order valence-electron chi connectivity index (χ4n) is 1.34. The summed E-state index contributed by atoms with van der Waals surface area (Å²) in [5.41, 5.74) is 11.8. The molecule has 86 valence electrons. The number of carbonyl (C=O) groups is 1. The van der Waals surface area contributed by atoms with Crippen LogP contribution in [0.5, 0.6) is 5.75 Å². The van der Waals surface area contributed by atoms with Gasteiger partial charge in [0.15, 0.2) is 0 Å². The van der Waals surface area contributed by atoms with E-state index in [4.69, 9.17) is 21.3 Å². The number of ether oxygens (including phenoxy) is 1. The van der Waals surface area contributed by atoms with Crippen LogP contribution in [-0.4, -0.2) is 23.2 Å². The molecule has 1 saturated carbocycles. The van der Waals surface area contributed by atoms with Crippen molar-refractivity contribution in [3.05, 3.63) is 23.8 Å². The lowest BCUT2D eigenvalue weighted by Crippen LogP contribution is -2.29. The number of hydrogen-bond donors (Lipinski definition) is 3. The van der Waals surface area contributed by atoms with E-state index in [1.54, 1.807) is 6.07 Å². The molecule has 0 aromatic heterocycles. The van der Waals surface area contributed by atoms with Gasteiger partial charge >= 0.3 is 5.97 Å². The van der Waals surface area contributed by atoms with Crippen LogP contribution in [0.2, 0.25) is 0 Å². The van der Waals surface area contributed by atoms with E-state index >= 15 is 0 Å². The van der Waals surface area contributed by atoms with Crippen LogP contribution in [0.15, 0.2) is 18.2 Å². The van der Waals surface area contributed by atoms with E-state index < -0.39 is 5.97 Å². The molecule has 0 atom stereocenters. The Labute approximate surface area is 93.0 Å². The van der Waals surface area contributed by atoms with Gasteiger partial charge in [0.2, 0.25) is 0 Å². The maximum absolute atomic E-state index is 10.7. The Balaban J connectivity index is 2.07. The van der Waals surface area contributed by atoms with Crippen molar-refractivity contribution >= 4 is 11.7 Å². The van der Waals surface area contributed by atoms with Crippen LogP contribution in [0, 0.1) is 0 Å². The number of anilines is 1. The first-order chi connectivity index (χ1) is 7.50. The zero-order valence-corrected chi connectivity index (χ0v) is 8.77. The number of nitrogen functional groups attached to an aromatic ring is 1. The second kappa shape index (κ2) is 3.68. The summed E-state index contributed by atoms with van der Waals surface area (Å²) < 4.78 is 5.46. The number of hydrogen-bond acceptors (Lipinski definition) is 4. The number of nitrogens with two attached hydrogens (primary N) is 2. The summed E-state index contributed by atoms with van der Waals surface area (Å²) in [7, 11) is 0. The summed E-state index contributed by atoms with van der Waals surface area (Å²) in [6.45, 7) is 0.420. The molecular weight excluding hydrogens is 208 g/mol. The molecule has 1 fully saturated rings. The van der Waals surface area contributed by atoms with Crippen molar-refractivity contribution < 1.29 is 14.6 Å². The van der Waals surface area contributed by atoms with Crippen molar-refractivity contribution in [2.75, 3.05) is 12.3 Å². The van der Waals surface area contributed by atoms with Crippen LogP contribution in [0.4, 0.5) is 5.69 Å². The Hall–Kier alpha value is -1.75. The van der Waals surface area contributed by atoms with E-state index in [0.717, 1.165) is 12.8 Å². The zero-order chi connectivity index (χ0) is 11.8. The molecule has 1 aromatic carbocycles. The van der Waals surface area contributed by atoms with Crippen LogP contribution >= 0.6 is 0 Å². The van der Waals surface area contributed by atoms with Crippen molar-refractivity contribution in [1.29, 1.82) is 0 Å². The van der Waals surface area contributed by atoms with Gasteiger partial charge in [-0.3, -0.25) is 0 Å². The smallest absolute Gasteiger partial charge is 0.335 e. The highest BCUT2D eigenvalue weighted by atomic mass is 16.5. The summed E-state index contributed by atoms with van der Waals surface area (Å²) >= 11 is 0. The van der Waals surface area contributed by atoms with Gasteiger partial charge in [-0.25, -0.2) is 4.79 Å². The average Bonchev–Trinajstić information content (AvgIpc) is 2.95. The summed E-state index contributed by atoms with van der Waals surface area (Å²) in [6, 6.07) is 4.41. The van der Waals surface area contributed by atoms with E-state index in [1.807, 2.05) is 0 Å². The Morgan fingerprint density at radius 3 is 2.69 bits per heavy atom. The van der Waals surface area contributed by atoms with Crippen LogP contribution in [0.1, 0.15) is 23.2 Å². The first-order valence-electron chi connectivity index (χ1n) is 5.05. The number of rotatable bonds is 4. The highest BCUT2D eigenvalue weighted by molar-refractivity contribution is 5.89. The van der Waals surface area contributed by atoms with Crippen LogP contribution < -0.4 is 16.2 Å². The van der Waals surface area contributed by atoms with Crippen molar-refractivity contribution in [2.24, 2.45) is 5.73 Å². The Kier molecular flexibility index (Phi) is 2.47. The minimum atomic E-state index is -1.00. The molecule has 0 saturated heterocycles. The van der Waals surface area contributed by atoms with E-state index in [-0.39, 0.29) is 11.1 Å². The van der Waals surface area contributed by atoms with Gasteiger partial charge in [0, 0.05) is 0 Å². The quantitative estimate of drug-likeness (QED) is 0.655. The molecule has 1 aromatic rings. The second-order valence-corrected chi connectivity index (χ2v) is 4.21. The predicted molar refractivity (Wildman–Crippen MR) is 59.5 cm³/mol. The highest BCUT2D eigenvalue weighted by Crippen LogP contribution is 2.33. The number of carboxylic acids is 1. The molecule has 16 heavy (non-hydrogen) atoms. The topological polar surface area (TPSA) is 98.6 Å². The molecule has 0 aliphatic heterocycles. The predicted octanol–water partition coefficient (Wildman–Crippen LogP) is 0.837. The molecule has 0 bridgehead atoms. The highest BCUT2D eigenvalue weighted by Gasteiger charge is 2.39. The number of carboxylic acid groups (broad SMARTS) is 1. The molecule has 0 heterocycles. The largest absolute Gasteiger partial charge is 0.490 e. The van der Waals surface area contributed by atoms with Crippen molar-refractivity contribution in [1.82, 2.24) is 0 Å². The van der Waals surface area contributed by atoms with Gasteiger partial charge in [0.05, 0.1) is 16.8 Å². The molecule has 2 rings (SSSR count). The standard InChI is InChI=1S/C11H14N2O3/c12-8-5-7(10(14)15)1-2-9(8)16-6-11(13)3-4-11/h1-2,5H,3-4,6,12-13H2,(H,14,15). The lowest BCUT2D eigenvalue weighted by Gasteiger charge is -2.13. The Bertz CT molecular complexity index is 427. The fraction of sp³-hybridized carbons (Fsp3) is 0.364. The van der Waals surface area contributed by atoms with E-state index in [9.17, 15) is 4.79 Å². The third kappa shape index (κ3) is 2.25. The Morgan fingerprint density at radius 1 is 1.50 bits per heavy atom. The van der Waals surface area contributed by atoms with Crippen molar-refractivity contribution in [3.8, 4) is 5.75 Å². The molecule has 0 amide bonds. The molecular formula is C11H14N2O3. The molecule has 0 radical (unpaired) electrons. The molecule has 5 heteroatoms. The first kappa shape index (κ1) is 10.8. The van der Waals surface area contributed by atoms with Crippen molar-refractivity contribution in [3.63, 3.8) is 0 Å². The number of aromatic carboxylic acids is 1. The van der Waals surface area contributed by atoms with Gasteiger partial charge in [0.25, 0.3) is 0 Å². The maximum atomic E-state index is 10.7. The maximum Gasteiger partial charge on any atom is 0.335 e. The summed E-state index contributed by atoms with van der Waals surface area (Å²) in [6.07, 6.45) is 1.92. The van der Waals surface area contributed by atoms with Gasteiger partial charge in [-0.1, -0.05) is 0 Å². The lowest BCUT2D eigenvalue weighted by atomic mass is 10.2. The van der Waals surface area contributed by atoms with Gasteiger partial charge in [-0.2, -0.15) is 0 Å². The molecule has 5 N–H and O–H groups in total.